The summed E-state index contributed by atoms with van der Waals surface area (Å²) >= 11 is 8.75. The van der Waals surface area contributed by atoms with E-state index in [0.29, 0.717) is 0 Å². The zero-order valence-electron chi connectivity index (χ0n) is 10.5. The molecule has 0 fully saturated rings. The number of thiazole rings is 1. The summed E-state index contributed by atoms with van der Waals surface area (Å²) < 4.78 is 2.23. The molecular formula is C16H11Br2NS. The lowest BCUT2D eigenvalue weighted by Gasteiger charge is -2.01. The summed E-state index contributed by atoms with van der Waals surface area (Å²) in [7, 11) is 0. The summed E-state index contributed by atoms with van der Waals surface area (Å²) in [5.41, 5.74) is 3.47. The number of rotatable bonds is 3. The summed E-state index contributed by atoms with van der Waals surface area (Å²) in [5, 5.41) is 3.25. The molecule has 0 N–H and O–H groups in total. The zero-order valence-corrected chi connectivity index (χ0v) is 14.5. The Labute approximate surface area is 139 Å². The maximum absolute atomic E-state index is 4.73. The number of halogens is 2. The molecule has 0 aliphatic rings. The molecule has 2 aromatic carbocycles. The SMILES string of the molecule is Brc1ccc(-c2csc(Cc3ccccc3Br)n2)cc1. The highest BCUT2D eigenvalue weighted by atomic mass is 79.9. The molecule has 4 heteroatoms. The van der Waals surface area contributed by atoms with E-state index in [2.05, 4.69) is 67.6 Å². The van der Waals surface area contributed by atoms with Gasteiger partial charge in [-0.3, -0.25) is 0 Å². The van der Waals surface area contributed by atoms with Gasteiger partial charge in [0, 0.05) is 26.3 Å². The highest BCUT2D eigenvalue weighted by Gasteiger charge is 2.07. The fraction of sp³-hybridized carbons (Fsp3) is 0.0625. The minimum Gasteiger partial charge on any atom is -0.241 e. The Balaban J connectivity index is 1.84. The highest BCUT2D eigenvalue weighted by molar-refractivity contribution is 9.10. The van der Waals surface area contributed by atoms with Crippen LogP contribution >= 0.6 is 43.2 Å². The number of hydrogen-bond acceptors (Lipinski definition) is 2. The number of benzene rings is 2. The van der Waals surface area contributed by atoms with Crippen molar-refractivity contribution in [1.29, 1.82) is 0 Å². The first-order valence-corrected chi connectivity index (χ1v) is 8.63. The molecule has 0 amide bonds. The summed E-state index contributed by atoms with van der Waals surface area (Å²) in [5.74, 6) is 0. The van der Waals surface area contributed by atoms with E-state index in [1.807, 2.05) is 18.2 Å². The van der Waals surface area contributed by atoms with Crippen LogP contribution < -0.4 is 0 Å². The van der Waals surface area contributed by atoms with Crippen molar-refractivity contribution in [1.82, 2.24) is 4.98 Å². The van der Waals surface area contributed by atoms with Gasteiger partial charge in [-0.2, -0.15) is 0 Å². The van der Waals surface area contributed by atoms with E-state index in [1.165, 1.54) is 5.56 Å². The molecule has 3 aromatic rings. The predicted molar refractivity (Wildman–Crippen MR) is 92.2 cm³/mol. The fourth-order valence-corrected chi connectivity index (χ4v) is 3.47. The van der Waals surface area contributed by atoms with Gasteiger partial charge < -0.3 is 0 Å². The van der Waals surface area contributed by atoms with Crippen molar-refractivity contribution in [2.75, 3.05) is 0 Å². The molecule has 100 valence electrons. The third kappa shape index (κ3) is 3.19. The molecule has 0 bridgehead atoms. The normalized spacial score (nSPS) is 10.7. The van der Waals surface area contributed by atoms with Gasteiger partial charge in [0.1, 0.15) is 0 Å². The molecule has 0 saturated carbocycles. The Morgan fingerprint density at radius 3 is 2.45 bits per heavy atom. The average molecular weight is 409 g/mol. The number of nitrogens with zero attached hydrogens (tertiary/aromatic N) is 1. The zero-order chi connectivity index (χ0) is 13.9. The second-order valence-electron chi connectivity index (χ2n) is 4.40. The first-order chi connectivity index (χ1) is 9.72. The van der Waals surface area contributed by atoms with Crippen LogP contribution in [0.3, 0.4) is 0 Å². The first kappa shape index (κ1) is 14.0. The van der Waals surface area contributed by atoms with Gasteiger partial charge in [0.2, 0.25) is 0 Å². The highest BCUT2D eigenvalue weighted by Crippen LogP contribution is 2.26. The predicted octanol–water partition coefficient (Wildman–Crippen LogP) is 5.93. The summed E-state index contributed by atoms with van der Waals surface area (Å²) in [6.45, 7) is 0. The molecule has 1 heterocycles. The van der Waals surface area contributed by atoms with Gasteiger partial charge in [-0.15, -0.1) is 11.3 Å². The molecule has 0 aliphatic carbocycles. The lowest BCUT2D eigenvalue weighted by Crippen LogP contribution is -1.88. The Kier molecular flexibility index (Phi) is 4.34. The summed E-state index contributed by atoms with van der Waals surface area (Å²) in [4.78, 5) is 4.73. The van der Waals surface area contributed by atoms with Crippen LogP contribution in [0.5, 0.6) is 0 Å². The summed E-state index contributed by atoms with van der Waals surface area (Å²) in [6, 6.07) is 16.5. The van der Waals surface area contributed by atoms with Crippen LogP contribution in [-0.2, 0) is 6.42 Å². The molecule has 0 aliphatic heterocycles. The monoisotopic (exact) mass is 407 g/mol. The van der Waals surface area contributed by atoms with Crippen molar-refractivity contribution in [3.05, 3.63) is 73.4 Å². The first-order valence-electron chi connectivity index (χ1n) is 6.16. The smallest absolute Gasteiger partial charge is 0.0976 e. The second kappa shape index (κ2) is 6.20. The molecule has 1 aromatic heterocycles. The largest absolute Gasteiger partial charge is 0.241 e. The van der Waals surface area contributed by atoms with Gasteiger partial charge in [-0.1, -0.05) is 62.2 Å². The Bertz CT molecular complexity index is 719. The van der Waals surface area contributed by atoms with Crippen LogP contribution in [0.15, 0.2) is 62.9 Å². The lowest BCUT2D eigenvalue weighted by atomic mass is 10.1. The van der Waals surface area contributed by atoms with E-state index in [0.717, 1.165) is 31.6 Å². The Hall–Kier alpha value is -0.970. The molecule has 0 saturated heterocycles. The third-order valence-corrected chi connectivity index (χ3v) is 5.14. The van der Waals surface area contributed by atoms with Crippen LogP contribution in [0.1, 0.15) is 10.6 Å². The Morgan fingerprint density at radius 2 is 1.70 bits per heavy atom. The van der Waals surface area contributed by atoms with Crippen molar-refractivity contribution in [3.63, 3.8) is 0 Å². The van der Waals surface area contributed by atoms with Crippen LogP contribution in [0.4, 0.5) is 0 Å². The molecule has 0 atom stereocenters. The third-order valence-electron chi connectivity index (χ3n) is 2.99. The van der Waals surface area contributed by atoms with Gasteiger partial charge in [-0.25, -0.2) is 4.98 Å². The standard InChI is InChI=1S/C16H11Br2NS/c17-13-7-5-11(6-8-13)15-10-20-16(19-15)9-12-3-1-2-4-14(12)18/h1-8,10H,9H2. The minimum atomic E-state index is 0.864. The quantitative estimate of drug-likeness (QED) is 0.523. The number of aromatic nitrogens is 1. The van der Waals surface area contributed by atoms with Crippen LogP contribution in [0.2, 0.25) is 0 Å². The summed E-state index contributed by atoms with van der Waals surface area (Å²) in [6.07, 6.45) is 0.864. The van der Waals surface area contributed by atoms with Gasteiger partial charge in [0.25, 0.3) is 0 Å². The molecular weight excluding hydrogens is 398 g/mol. The Morgan fingerprint density at radius 1 is 0.950 bits per heavy atom. The van der Waals surface area contributed by atoms with E-state index in [4.69, 9.17) is 4.98 Å². The minimum absolute atomic E-state index is 0.864. The molecule has 3 rings (SSSR count). The maximum Gasteiger partial charge on any atom is 0.0976 e. The van der Waals surface area contributed by atoms with Crippen molar-refractivity contribution >= 4 is 43.2 Å². The van der Waals surface area contributed by atoms with E-state index >= 15 is 0 Å². The van der Waals surface area contributed by atoms with Crippen LogP contribution in [0.25, 0.3) is 11.3 Å². The van der Waals surface area contributed by atoms with Gasteiger partial charge in [0.05, 0.1) is 10.7 Å². The fourth-order valence-electron chi connectivity index (χ4n) is 1.95. The molecule has 1 nitrogen and oxygen atoms in total. The molecule has 0 unspecified atom stereocenters. The van der Waals surface area contributed by atoms with E-state index in [-0.39, 0.29) is 0 Å². The molecule has 20 heavy (non-hydrogen) atoms. The topological polar surface area (TPSA) is 12.9 Å². The van der Waals surface area contributed by atoms with Gasteiger partial charge >= 0.3 is 0 Å². The van der Waals surface area contributed by atoms with Gasteiger partial charge in [0.15, 0.2) is 0 Å². The maximum atomic E-state index is 4.73. The van der Waals surface area contributed by atoms with E-state index < -0.39 is 0 Å². The second-order valence-corrected chi connectivity index (χ2v) is 7.11. The molecule has 0 radical (unpaired) electrons. The van der Waals surface area contributed by atoms with E-state index in [1.54, 1.807) is 11.3 Å². The number of hydrogen-bond donors (Lipinski definition) is 0. The van der Waals surface area contributed by atoms with Crippen molar-refractivity contribution in [3.8, 4) is 11.3 Å². The molecule has 0 spiro atoms. The van der Waals surface area contributed by atoms with Crippen LogP contribution in [-0.4, -0.2) is 4.98 Å². The van der Waals surface area contributed by atoms with Crippen molar-refractivity contribution in [2.24, 2.45) is 0 Å². The van der Waals surface area contributed by atoms with Crippen molar-refractivity contribution in [2.45, 2.75) is 6.42 Å². The van der Waals surface area contributed by atoms with Crippen molar-refractivity contribution < 1.29 is 0 Å². The van der Waals surface area contributed by atoms with E-state index in [9.17, 15) is 0 Å². The van der Waals surface area contributed by atoms with Gasteiger partial charge in [-0.05, 0) is 23.8 Å². The van der Waals surface area contributed by atoms with Crippen LogP contribution in [0, 0.1) is 0 Å². The average Bonchev–Trinajstić information content (AvgIpc) is 2.91. The lowest BCUT2D eigenvalue weighted by molar-refractivity contribution is 1.13.